The monoisotopic (exact) mass is 338 g/mol. The summed E-state index contributed by atoms with van der Waals surface area (Å²) in [6, 6.07) is 4.47. The van der Waals surface area contributed by atoms with Crippen LogP contribution in [-0.2, 0) is 10.9 Å². The Kier molecular flexibility index (Phi) is 4.67. The van der Waals surface area contributed by atoms with Crippen molar-refractivity contribution < 1.29 is 22.7 Å². The van der Waals surface area contributed by atoms with Crippen LogP contribution < -0.4 is 10.6 Å². The van der Waals surface area contributed by atoms with Crippen LogP contribution >= 0.6 is 0 Å². The van der Waals surface area contributed by atoms with Crippen LogP contribution in [-0.4, -0.2) is 30.8 Å². The van der Waals surface area contributed by atoms with E-state index in [1.807, 2.05) is 0 Å². The lowest BCUT2D eigenvalue weighted by atomic mass is 9.96. The molecule has 3 rings (SSSR count). The number of hydrogen-bond acceptors (Lipinski definition) is 2. The number of fused-ring (bicyclic) bond motifs is 2. The van der Waals surface area contributed by atoms with E-state index in [1.54, 1.807) is 0 Å². The van der Waals surface area contributed by atoms with Gasteiger partial charge in [0.1, 0.15) is 0 Å². The smallest absolute Gasteiger partial charge is 0.373 e. The molecule has 2 bridgehead atoms. The summed E-state index contributed by atoms with van der Waals surface area (Å²) in [6.07, 6.45) is -1.21. The van der Waals surface area contributed by atoms with Gasteiger partial charge in [-0.15, -0.1) is 0 Å². The second-order valence-electron chi connectivity index (χ2n) is 5.92. The Bertz CT molecular complexity index is 678. The zero-order valence-corrected chi connectivity index (χ0v) is 12.8. The van der Waals surface area contributed by atoms with Crippen molar-refractivity contribution in [1.82, 2.24) is 10.6 Å². The summed E-state index contributed by atoms with van der Waals surface area (Å²) in [6.45, 7) is 0.0593. The van der Waals surface area contributed by atoms with Crippen molar-refractivity contribution in [3.05, 3.63) is 35.4 Å². The minimum atomic E-state index is -4.39. The van der Waals surface area contributed by atoms with Crippen molar-refractivity contribution in [3.8, 4) is 11.8 Å². The average Bonchev–Trinajstić information content (AvgIpc) is 3.14. The van der Waals surface area contributed by atoms with Gasteiger partial charge in [-0.25, -0.2) is 4.79 Å². The summed E-state index contributed by atoms with van der Waals surface area (Å²) in [5.41, 5.74) is -0.482. The molecule has 7 heteroatoms. The first-order valence-corrected chi connectivity index (χ1v) is 7.78. The molecule has 0 unspecified atom stereocenters. The quantitative estimate of drug-likeness (QED) is 0.815. The van der Waals surface area contributed by atoms with Crippen molar-refractivity contribution in [2.75, 3.05) is 6.54 Å². The molecule has 0 aromatic heterocycles. The highest BCUT2D eigenvalue weighted by Gasteiger charge is 2.41. The van der Waals surface area contributed by atoms with Gasteiger partial charge in [-0.3, -0.25) is 0 Å². The summed E-state index contributed by atoms with van der Waals surface area (Å²) >= 11 is 0. The largest absolute Gasteiger partial charge is 0.416 e. The number of alkyl halides is 3. The summed E-state index contributed by atoms with van der Waals surface area (Å²) in [5.74, 6) is 5.27. The van der Waals surface area contributed by atoms with Crippen molar-refractivity contribution in [2.45, 2.75) is 43.7 Å². The molecule has 0 saturated carbocycles. The highest BCUT2D eigenvalue weighted by atomic mass is 19.4. The first-order chi connectivity index (χ1) is 11.4. The number of benzene rings is 1. The fraction of sp³-hybridized carbons (Fsp3) is 0.471. The summed E-state index contributed by atoms with van der Waals surface area (Å²) in [5, 5.41) is 5.43. The topological polar surface area (TPSA) is 50.4 Å². The molecule has 1 aromatic rings. The molecule has 4 nitrogen and oxygen atoms in total. The Balaban J connectivity index is 1.47. The van der Waals surface area contributed by atoms with Gasteiger partial charge in [0.25, 0.3) is 0 Å². The minimum absolute atomic E-state index is 0.0279. The van der Waals surface area contributed by atoms with E-state index in [4.69, 9.17) is 4.74 Å². The molecule has 0 aliphatic carbocycles. The van der Waals surface area contributed by atoms with E-state index in [2.05, 4.69) is 22.5 Å². The summed E-state index contributed by atoms with van der Waals surface area (Å²) in [4.78, 5) is 11.8. The summed E-state index contributed by atoms with van der Waals surface area (Å²) < 4.78 is 43.4. The summed E-state index contributed by atoms with van der Waals surface area (Å²) in [7, 11) is 0. The van der Waals surface area contributed by atoms with Gasteiger partial charge in [-0.05, 0) is 37.5 Å². The van der Waals surface area contributed by atoms with Crippen molar-refractivity contribution >= 4 is 6.03 Å². The van der Waals surface area contributed by atoms with E-state index in [9.17, 15) is 18.0 Å². The number of hydrogen-bond donors (Lipinski definition) is 2. The fourth-order valence-corrected chi connectivity index (χ4v) is 3.05. The lowest BCUT2D eigenvalue weighted by molar-refractivity contribution is -0.137. The number of ether oxygens (including phenoxy) is 1. The second-order valence-corrected chi connectivity index (χ2v) is 5.92. The first-order valence-electron chi connectivity index (χ1n) is 7.78. The van der Waals surface area contributed by atoms with Crippen molar-refractivity contribution in [2.24, 2.45) is 0 Å². The molecule has 2 saturated heterocycles. The van der Waals surface area contributed by atoms with Crippen LogP contribution in [0.2, 0.25) is 0 Å². The molecular formula is C17H17F3N2O2. The molecule has 2 aliphatic rings. The number of carbonyl (C=O) groups excluding carboxylic acids is 1. The molecule has 128 valence electrons. The maximum atomic E-state index is 12.6. The van der Waals surface area contributed by atoms with E-state index < -0.39 is 11.7 Å². The van der Waals surface area contributed by atoms with Gasteiger partial charge < -0.3 is 15.4 Å². The molecule has 2 N–H and O–H groups in total. The molecular weight excluding hydrogens is 321 g/mol. The number of halogens is 3. The van der Waals surface area contributed by atoms with Gasteiger partial charge in [0.05, 0.1) is 30.4 Å². The van der Waals surface area contributed by atoms with Crippen LogP contribution in [0, 0.1) is 11.8 Å². The Morgan fingerprint density at radius 2 is 2.17 bits per heavy atom. The van der Waals surface area contributed by atoms with Crippen molar-refractivity contribution in [1.29, 1.82) is 0 Å². The predicted molar refractivity (Wildman–Crippen MR) is 81.2 cm³/mol. The number of carbonyl (C=O) groups is 1. The van der Waals surface area contributed by atoms with Gasteiger partial charge >= 0.3 is 12.2 Å². The van der Waals surface area contributed by atoms with Gasteiger partial charge in [0.2, 0.25) is 0 Å². The molecule has 2 heterocycles. The average molecular weight is 338 g/mol. The van der Waals surface area contributed by atoms with Gasteiger partial charge in [0.15, 0.2) is 0 Å². The molecule has 2 fully saturated rings. The Hall–Kier alpha value is -2.20. The maximum Gasteiger partial charge on any atom is 0.416 e. The molecule has 2 amide bonds. The van der Waals surface area contributed by atoms with Gasteiger partial charge in [0, 0.05) is 5.56 Å². The number of rotatable bonds is 2. The molecule has 3 atom stereocenters. The highest BCUT2D eigenvalue weighted by Crippen LogP contribution is 2.34. The van der Waals surface area contributed by atoms with E-state index in [1.165, 1.54) is 12.1 Å². The number of urea groups is 1. The van der Waals surface area contributed by atoms with Gasteiger partial charge in [-0.2, -0.15) is 13.2 Å². The first kappa shape index (κ1) is 16.7. The third-order valence-corrected chi connectivity index (χ3v) is 4.18. The Morgan fingerprint density at radius 3 is 2.83 bits per heavy atom. The van der Waals surface area contributed by atoms with Crippen LogP contribution in [0.1, 0.15) is 30.4 Å². The SMILES string of the molecule is O=C(NCC#Cc1cccc(C(F)(F)F)c1)N[C@H]1C[C@H]2CC[C@H]1O2. The fourth-order valence-electron chi connectivity index (χ4n) is 3.05. The molecule has 0 radical (unpaired) electrons. The zero-order chi connectivity index (χ0) is 17.2. The van der Waals surface area contributed by atoms with Crippen LogP contribution in [0.3, 0.4) is 0 Å². The van der Waals surface area contributed by atoms with Crippen molar-refractivity contribution in [3.63, 3.8) is 0 Å². The third kappa shape index (κ3) is 4.01. The zero-order valence-electron chi connectivity index (χ0n) is 12.8. The second kappa shape index (κ2) is 6.73. The Morgan fingerprint density at radius 1 is 1.33 bits per heavy atom. The molecule has 1 aromatic carbocycles. The predicted octanol–water partition coefficient (Wildman–Crippen LogP) is 2.68. The van der Waals surface area contributed by atoms with E-state index in [0.717, 1.165) is 31.4 Å². The third-order valence-electron chi connectivity index (χ3n) is 4.18. The number of amides is 2. The standard InChI is InChI=1S/C17H17F3N2O2/c18-17(19,20)12-5-1-3-11(9-12)4-2-8-21-16(23)22-14-10-13-6-7-15(14)24-13/h1,3,5,9,13-15H,6-8,10H2,(H2,21,22,23)/t13-,14+,15-/m1/s1. The van der Waals surface area contributed by atoms with E-state index >= 15 is 0 Å². The normalized spacial score (nSPS) is 25.0. The van der Waals surface area contributed by atoms with Crippen LogP contribution in [0.15, 0.2) is 24.3 Å². The molecule has 0 spiro atoms. The number of nitrogens with one attached hydrogen (secondary N) is 2. The lowest BCUT2D eigenvalue weighted by Crippen LogP contribution is -2.46. The maximum absolute atomic E-state index is 12.6. The molecule has 24 heavy (non-hydrogen) atoms. The van der Waals surface area contributed by atoms with E-state index in [0.29, 0.717) is 0 Å². The highest BCUT2D eigenvalue weighted by molar-refractivity contribution is 5.74. The van der Waals surface area contributed by atoms with Crippen LogP contribution in [0.5, 0.6) is 0 Å². The van der Waals surface area contributed by atoms with E-state index in [-0.39, 0.29) is 36.4 Å². The Labute approximate surface area is 137 Å². The van der Waals surface area contributed by atoms with Crippen LogP contribution in [0.25, 0.3) is 0 Å². The lowest BCUT2D eigenvalue weighted by Gasteiger charge is -2.19. The van der Waals surface area contributed by atoms with Crippen LogP contribution in [0.4, 0.5) is 18.0 Å². The minimum Gasteiger partial charge on any atom is -0.373 e. The molecule has 2 aliphatic heterocycles. The van der Waals surface area contributed by atoms with Gasteiger partial charge in [-0.1, -0.05) is 17.9 Å².